The first kappa shape index (κ1) is 22.2. The Morgan fingerprint density at radius 2 is 1.73 bits per heavy atom. The molecule has 166 valence electrons. The summed E-state index contributed by atoms with van der Waals surface area (Å²) in [6.45, 7) is 0. The number of hydrogen-bond donors (Lipinski definition) is 2. The van der Waals surface area contributed by atoms with Crippen LogP contribution >= 0.6 is 11.8 Å². The van der Waals surface area contributed by atoms with Gasteiger partial charge in [-0.1, -0.05) is 36.0 Å². The molecule has 4 rings (SSSR count). The quantitative estimate of drug-likeness (QED) is 0.404. The largest absolute Gasteiger partial charge is 0.355 e. The smallest absolute Gasteiger partial charge is 0.251 e. The first-order valence-electron chi connectivity index (χ1n) is 10.1. The van der Waals surface area contributed by atoms with Crippen molar-refractivity contribution in [3.05, 3.63) is 90.2 Å². The Balaban J connectivity index is 1.54. The van der Waals surface area contributed by atoms with Gasteiger partial charge in [0.2, 0.25) is 5.91 Å². The van der Waals surface area contributed by atoms with Crippen molar-refractivity contribution in [2.45, 2.75) is 5.16 Å². The number of halogens is 1. The maximum Gasteiger partial charge on any atom is 0.251 e. The van der Waals surface area contributed by atoms with E-state index >= 15 is 0 Å². The number of nitrogens with one attached hydrogen (secondary N) is 2. The van der Waals surface area contributed by atoms with Gasteiger partial charge in [-0.25, -0.2) is 4.39 Å². The van der Waals surface area contributed by atoms with E-state index in [0.29, 0.717) is 27.8 Å². The summed E-state index contributed by atoms with van der Waals surface area (Å²) in [6, 6.07) is 22.2. The molecule has 2 amide bonds. The van der Waals surface area contributed by atoms with Crippen molar-refractivity contribution in [2.24, 2.45) is 0 Å². The van der Waals surface area contributed by atoms with E-state index < -0.39 is 0 Å². The van der Waals surface area contributed by atoms with E-state index in [9.17, 15) is 14.0 Å². The van der Waals surface area contributed by atoms with E-state index in [4.69, 9.17) is 0 Å². The highest BCUT2D eigenvalue weighted by Gasteiger charge is 2.17. The van der Waals surface area contributed by atoms with Crippen LogP contribution in [-0.4, -0.2) is 39.4 Å². The van der Waals surface area contributed by atoms with E-state index in [0.717, 1.165) is 5.69 Å². The van der Waals surface area contributed by atoms with Crippen molar-refractivity contribution >= 4 is 29.3 Å². The number of para-hydroxylation sites is 1. The van der Waals surface area contributed by atoms with Gasteiger partial charge in [0.05, 0.1) is 5.75 Å². The molecule has 1 aromatic heterocycles. The monoisotopic (exact) mass is 461 g/mol. The molecule has 0 atom stereocenters. The Kier molecular flexibility index (Phi) is 6.80. The van der Waals surface area contributed by atoms with Crippen molar-refractivity contribution in [3.63, 3.8) is 0 Å². The molecular weight excluding hydrogens is 441 g/mol. The van der Waals surface area contributed by atoms with E-state index in [2.05, 4.69) is 20.8 Å². The second-order valence-corrected chi connectivity index (χ2v) is 7.92. The molecule has 1 heterocycles. The molecule has 7 nitrogen and oxygen atoms in total. The number of carbonyl (C=O) groups is 2. The zero-order valence-corrected chi connectivity index (χ0v) is 18.5. The van der Waals surface area contributed by atoms with Crippen molar-refractivity contribution in [2.75, 3.05) is 18.1 Å². The summed E-state index contributed by atoms with van der Waals surface area (Å²) in [6.07, 6.45) is 0. The van der Waals surface area contributed by atoms with Crippen LogP contribution < -0.4 is 10.6 Å². The number of carbonyl (C=O) groups excluding carboxylic acids is 2. The standard InChI is InChI=1S/C24H20FN5O2S/c1-26-23(32)17-6-5-7-19(14-17)27-21(31)15-33-24-29-28-22(16-10-12-18(25)13-11-16)30(24)20-8-3-2-4-9-20/h2-14H,15H2,1H3,(H,26,32)(H,27,31). The van der Waals surface area contributed by atoms with Crippen molar-refractivity contribution in [1.29, 1.82) is 0 Å². The lowest BCUT2D eigenvalue weighted by atomic mass is 10.2. The lowest BCUT2D eigenvalue weighted by molar-refractivity contribution is -0.113. The summed E-state index contributed by atoms with van der Waals surface area (Å²) >= 11 is 1.23. The van der Waals surface area contributed by atoms with Crippen LogP contribution in [0, 0.1) is 5.82 Å². The fraction of sp³-hybridized carbons (Fsp3) is 0.0833. The summed E-state index contributed by atoms with van der Waals surface area (Å²) in [5.74, 6) is -0.193. The SMILES string of the molecule is CNC(=O)c1cccc(NC(=O)CSc2nnc(-c3ccc(F)cc3)n2-c2ccccc2)c1. The van der Waals surface area contributed by atoms with Crippen LogP contribution in [0.2, 0.25) is 0 Å². The summed E-state index contributed by atoms with van der Waals surface area (Å²) in [7, 11) is 1.55. The molecule has 0 aliphatic heterocycles. The van der Waals surface area contributed by atoms with E-state index in [1.807, 2.05) is 34.9 Å². The normalized spacial score (nSPS) is 10.6. The van der Waals surface area contributed by atoms with Crippen LogP contribution in [0.4, 0.5) is 10.1 Å². The Morgan fingerprint density at radius 1 is 0.970 bits per heavy atom. The fourth-order valence-corrected chi connectivity index (χ4v) is 3.92. The molecule has 9 heteroatoms. The first-order chi connectivity index (χ1) is 16.0. The molecule has 4 aromatic rings. The molecule has 2 N–H and O–H groups in total. The minimum absolute atomic E-state index is 0.0819. The third kappa shape index (κ3) is 5.27. The maximum atomic E-state index is 13.4. The van der Waals surface area contributed by atoms with Gasteiger partial charge in [-0.3, -0.25) is 14.2 Å². The fourth-order valence-electron chi connectivity index (χ4n) is 3.17. The minimum atomic E-state index is -0.337. The average Bonchev–Trinajstić information content (AvgIpc) is 3.27. The second-order valence-electron chi connectivity index (χ2n) is 6.98. The number of aromatic nitrogens is 3. The van der Waals surface area contributed by atoms with Gasteiger partial charge in [0.1, 0.15) is 5.82 Å². The van der Waals surface area contributed by atoms with E-state index in [-0.39, 0.29) is 23.4 Å². The zero-order chi connectivity index (χ0) is 23.2. The van der Waals surface area contributed by atoms with Gasteiger partial charge in [-0.05, 0) is 54.6 Å². The molecule has 0 aliphatic carbocycles. The predicted molar refractivity (Wildman–Crippen MR) is 126 cm³/mol. The van der Waals surface area contributed by atoms with Gasteiger partial charge in [0.15, 0.2) is 11.0 Å². The number of anilines is 1. The topological polar surface area (TPSA) is 88.9 Å². The number of rotatable bonds is 7. The molecule has 0 spiro atoms. The summed E-state index contributed by atoms with van der Waals surface area (Å²) in [5, 5.41) is 14.4. The third-order valence-corrected chi connectivity index (χ3v) is 5.65. The van der Waals surface area contributed by atoms with Crippen LogP contribution in [0.25, 0.3) is 17.1 Å². The number of benzene rings is 3. The van der Waals surface area contributed by atoms with Crippen LogP contribution in [-0.2, 0) is 4.79 Å². The number of hydrogen-bond acceptors (Lipinski definition) is 5. The Morgan fingerprint density at radius 3 is 2.45 bits per heavy atom. The molecular formula is C24H20FN5O2S. The van der Waals surface area contributed by atoms with Gasteiger partial charge in [0, 0.05) is 29.5 Å². The molecule has 0 saturated heterocycles. The van der Waals surface area contributed by atoms with Gasteiger partial charge < -0.3 is 10.6 Å². The summed E-state index contributed by atoms with van der Waals surface area (Å²) in [5.41, 5.74) is 2.51. The Labute approximate surface area is 194 Å². The lowest BCUT2D eigenvalue weighted by Crippen LogP contribution is -2.19. The van der Waals surface area contributed by atoms with Gasteiger partial charge >= 0.3 is 0 Å². The Hall–Kier alpha value is -3.98. The Bertz CT molecular complexity index is 1280. The van der Waals surface area contributed by atoms with Crippen LogP contribution in [0.15, 0.2) is 84.0 Å². The lowest BCUT2D eigenvalue weighted by Gasteiger charge is -2.11. The molecule has 0 fully saturated rings. The molecule has 0 saturated carbocycles. The highest BCUT2D eigenvalue weighted by Crippen LogP contribution is 2.28. The second kappa shape index (κ2) is 10.1. The molecule has 0 bridgehead atoms. The molecule has 33 heavy (non-hydrogen) atoms. The molecule has 0 aliphatic rings. The number of thioether (sulfide) groups is 1. The summed E-state index contributed by atoms with van der Waals surface area (Å²) < 4.78 is 15.2. The molecule has 3 aromatic carbocycles. The van der Waals surface area contributed by atoms with Crippen LogP contribution in [0.5, 0.6) is 0 Å². The number of nitrogens with zero attached hydrogens (tertiary/aromatic N) is 3. The first-order valence-corrected chi connectivity index (χ1v) is 11.1. The van der Waals surface area contributed by atoms with Crippen molar-refractivity contribution < 1.29 is 14.0 Å². The van der Waals surface area contributed by atoms with Crippen LogP contribution in [0.1, 0.15) is 10.4 Å². The summed E-state index contributed by atoms with van der Waals surface area (Å²) in [4.78, 5) is 24.4. The van der Waals surface area contributed by atoms with Gasteiger partial charge in [-0.15, -0.1) is 10.2 Å². The maximum absolute atomic E-state index is 13.4. The predicted octanol–water partition coefficient (Wildman–Crippen LogP) is 4.16. The highest BCUT2D eigenvalue weighted by molar-refractivity contribution is 7.99. The molecule has 0 unspecified atom stereocenters. The van der Waals surface area contributed by atoms with Crippen molar-refractivity contribution in [3.8, 4) is 17.1 Å². The highest BCUT2D eigenvalue weighted by atomic mass is 32.2. The van der Waals surface area contributed by atoms with Gasteiger partial charge in [0.25, 0.3) is 5.91 Å². The van der Waals surface area contributed by atoms with E-state index in [1.54, 1.807) is 43.4 Å². The van der Waals surface area contributed by atoms with Crippen molar-refractivity contribution in [1.82, 2.24) is 20.1 Å². The average molecular weight is 462 g/mol. The van der Waals surface area contributed by atoms with Crippen LogP contribution in [0.3, 0.4) is 0 Å². The zero-order valence-electron chi connectivity index (χ0n) is 17.7. The third-order valence-electron chi connectivity index (χ3n) is 4.72. The van der Waals surface area contributed by atoms with E-state index in [1.165, 1.54) is 23.9 Å². The van der Waals surface area contributed by atoms with Gasteiger partial charge in [-0.2, -0.15) is 0 Å². The minimum Gasteiger partial charge on any atom is -0.355 e. The number of amides is 2. The molecule has 0 radical (unpaired) electrons.